The van der Waals surface area contributed by atoms with Gasteiger partial charge in [0.05, 0.1) is 17.4 Å². The van der Waals surface area contributed by atoms with E-state index in [1.807, 2.05) is 0 Å². The van der Waals surface area contributed by atoms with E-state index in [1.165, 1.54) is 31.7 Å². The molecule has 3 rings (SSSR count). The molecule has 0 bridgehead atoms. The predicted molar refractivity (Wildman–Crippen MR) is 112 cm³/mol. The van der Waals surface area contributed by atoms with Gasteiger partial charge in [0, 0.05) is 25.2 Å². The van der Waals surface area contributed by atoms with Crippen molar-refractivity contribution in [2.24, 2.45) is 5.92 Å². The summed E-state index contributed by atoms with van der Waals surface area (Å²) < 4.78 is 78.4. The number of alkyl halides is 6. The fourth-order valence-electron chi connectivity index (χ4n) is 3.92. The van der Waals surface area contributed by atoms with Gasteiger partial charge in [0.2, 0.25) is 0 Å². The number of nitrogens with one attached hydrogen (secondary N) is 2. The first-order valence-corrected chi connectivity index (χ1v) is 10.9. The van der Waals surface area contributed by atoms with Crippen molar-refractivity contribution in [3.05, 3.63) is 53.2 Å². The van der Waals surface area contributed by atoms with Crippen LogP contribution in [0.3, 0.4) is 0 Å². The highest BCUT2D eigenvalue weighted by Gasteiger charge is 2.34. The molecule has 10 heteroatoms. The van der Waals surface area contributed by atoms with Crippen LogP contribution < -0.4 is 10.6 Å². The standard InChI is InChI=1S/C23H27F6N3O/c24-22(25,26)18-7-5-16(6-8-18)19-11-17(12-21(32-19)23(27,28)29)20(33)14-31-10-9-30-13-15-3-1-2-4-15/h5-8,11-12,15,20,30-31,33H,1-4,9-10,13-14H2/t20-/m0/s1. The topological polar surface area (TPSA) is 57.2 Å². The summed E-state index contributed by atoms with van der Waals surface area (Å²) in [6.45, 7) is 2.16. The molecule has 1 aromatic heterocycles. The molecule has 4 nitrogen and oxygen atoms in total. The molecule has 0 unspecified atom stereocenters. The Bertz CT molecular complexity index is 893. The van der Waals surface area contributed by atoms with Gasteiger partial charge in [-0.2, -0.15) is 26.3 Å². The summed E-state index contributed by atoms with van der Waals surface area (Å²) in [5.74, 6) is 0.691. The first-order chi connectivity index (χ1) is 15.5. The quantitative estimate of drug-likeness (QED) is 0.345. The van der Waals surface area contributed by atoms with E-state index in [0.717, 1.165) is 36.9 Å². The van der Waals surface area contributed by atoms with Crippen LogP contribution in [0.2, 0.25) is 0 Å². The molecule has 1 atom stereocenters. The highest BCUT2D eigenvalue weighted by Crippen LogP contribution is 2.34. The molecule has 1 aromatic carbocycles. The van der Waals surface area contributed by atoms with Gasteiger partial charge in [0.1, 0.15) is 5.69 Å². The van der Waals surface area contributed by atoms with Gasteiger partial charge in [0.25, 0.3) is 0 Å². The second-order valence-electron chi connectivity index (χ2n) is 8.32. The molecular weight excluding hydrogens is 448 g/mol. The lowest BCUT2D eigenvalue weighted by atomic mass is 10.0. The minimum absolute atomic E-state index is 0.0152. The molecule has 33 heavy (non-hydrogen) atoms. The Morgan fingerprint density at radius 3 is 2.15 bits per heavy atom. The molecule has 0 aliphatic heterocycles. The summed E-state index contributed by atoms with van der Waals surface area (Å²) >= 11 is 0. The molecule has 1 saturated carbocycles. The fourth-order valence-corrected chi connectivity index (χ4v) is 3.92. The molecule has 182 valence electrons. The monoisotopic (exact) mass is 475 g/mol. The molecule has 1 aliphatic rings. The van der Waals surface area contributed by atoms with Gasteiger partial charge < -0.3 is 15.7 Å². The highest BCUT2D eigenvalue weighted by molar-refractivity contribution is 5.61. The van der Waals surface area contributed by atoms with Crippen LogP contribution in [0.15, 0.2) is 36.4 Å². The number of nitrogens with zero attached hydrogens (tertiary/aromatic N) is 1. The number of hydrogen-bond acceptors (Lipinski definition) is 4. The SMILES string of the molecule is O[C@@H](CNCCNCC1CCCC1)c1cc(-c2ccc(C(F)(F)F)cc2)nc(C(F)(F)F)c1. The smallest absolute Gasteiger partial charge is 0.387 e. The first kappa shape index (κ1) is 25.5. The maximum Gasteiger partial charge on any atom is 0.433 e. The van der Waals surface area contributed by atoms with Gasteiger partial charge in [0.15, 0.2) is 0 Å². The molecule has 3 N–H and O–H groups in total. The van der Waals surface area contributed by atoms with Gasteiger partial charge in [-0.25, -0.2) is 4.98 Å². The molecule has 1 heterocycles. The van der Waals surface area contributed by atoms with Crippen LogP contribution in [-0.4, -0.2) is 36.3 Å². The molecular formula is C23H27F6N3O. The largest absolute Gasteiger partial charge is 0.433 e. The van der Waals surface area contributed by atoms with Crippen LogP contribution in [0, 0.1) is 5.92 Å². The van der Waals surface area contributed by atoms with Crippen LogP contribution in [-0.2, 0) is 12.4 Å². The molecule has 0 amide bonds. The number of hydrogen-bond donors (Lipinski definition) is 3. The normalized spacial score (nSPS) is 16.3. The van der Waals surface area contributed by atoms with Crippen LogP contribution in [0.1, 0.15) is 48.6 Å². The first-order valence-electron chi connectivity index (χ1n) is 10.9. The average molecular weight is 475 g/mol. The Hall–Kier alpha value is -2.17. The van der Waals surface area contributed by atoms with E-state index in [2.05, 4.69) is 15.6 Å². The Morgan fingerprint density at radius 1 is 0.909 bits per heavy atom. The Morgan fingerprint density at radius 2 is 1.55 bits per heavy atom. The third-order valence-electron chi connectivity index (χ3n) is 5.75. The second-order valence-corrected chi connectivity index (χ2v) is 8.32. The number of aliphatic hydroxyl groups excluding tert-OH is 1. The number of aliphatic hydroxyl groups is 1. The zero-order valence-corrected chi connectivity index (χ0v) is 17.9. The minimum Gasteiger partial charge on any atom is -0.387 e. The van der Waals surface area contributed by atoms with E-state index in [1.54, 1.807) is 0 Å². The van der Waals surface area contributed by atoms with Crippen molar-refractivity contribution in [2.75, 3.05) is 26.2 Å². The molecule has 0 spiro atoms. The van der Waals surface area contributed by atoms with Crippen LogP contribution >= 0.6 is 0 Å². The van der Waals surface area contributed by atoms with Crippen molar-refractivity contribution in [3.8, 4) is 11.3 Å². The highest BCUT2D eigenvalue weighted by atomic mass is 19.4. The molecule has 0 radical (unpaired) electrons. The average Bonchev–Trinajstić information content (AvgIpc) is 3.28. The van der Waals surface area contributed by atoms with Crippen LogP contribution in [0.4, 0.5) is 26.3 Å². The van der Waals surface area contributed by atoms with Gasteiger partial charge in [-0.3, -0.25) is 0 Å². The summed E-state index contributed by atoms with van der Waals surface area (Å²) in [5.41, 5.74) is -2.22. The lowest BCUT2D eigenvalue weighted by Gasteiger charge is -2.17. The van der Waals surface area contributed by atoms with Crippen molar-refractivity contribution in [3.63, 3.8) is 0 Å². The fraction of sp³-hybridized carbons (Fsp3) is 0.522. The molecule has 1 aliphatic carbocycles. The Labute approximate surface area is 188 Å². The third-order valence-corrected chi connectivity index (χ3v) is 5.75. The maximum absolute atomic E-state index is 13.4. The van der Waals surface area contributed by atoms with Crippen molar-refractivity contribution in [2.45, 2.75) is 44.1 Å². The van der Waals surface area contributed by atoms with Gasteiger partial charge in [-0.15, -0.1) is 0 Å². The molecule has 2 aromatic rings. The summed E-state index contributed by atoms with van der Waals surface area (Å²) in [6.07, 6.45) is -5.59. The summed E-state index contributed by atoms with van der Waals surface area (Å²) in [6, 6.07) is 5.73. The van der Waals surface area contributed by atoms with Crippen molar-refractivity contribution >= 4 is 0 Å². The van der Waals surface area contributed by atoms with E-state index in [9.17, 15) is 31.4 Å². The number of aromatic nitrogens is 1. The number of benzene rings is 1. The predicted octanol–water partition coefficient (Wildman–Crippen LogP) is 5.19. The van der Waals surface area contributed by atoms with Crippen LogP contribution in [0.5, 0.6) is 0 Å². The zero-order chi connectivity index (χ0) is 24.1. The molecule has 1 fully saturated rings. The van der Waals surface area contributed by atoms with E-state index in [4.69, 9.17) is 0 Å². The number of halogens is 6. The van der Waals surface area contributed by atoms with E-state index < -0.39 is 29.7 Å². The third kappa shape index (κ3) is 7.41. The number of rotatable bonds is 9. The maximum atomic E-state index is 13.4. The number of pyridine rings is 1. The van der Waals surface area contributed by atoms with Gasteiger partial charge in [-0.1, -0.05) is 25.0 Å². The zero-order valence-electron chi connectivity index (χ0n) is 17.9. The second kappa shape index (κ2) is 10.8. The molecule has 0 saturated heterocycles. The summed E-state index contributed by atoms with van der Waals surface area (Å²) in [4.78, 5) is 3.56. The van der Waals surface area contributed by atoms with E-state index in [-0.39, 0.29) is 23.4 Å². The summed E-state index contributed by atoms with van der Waals surface area (Å²) in [5, 5.41) is 16.8. The summed E-state index contributed by atoms with van der Waals surface area (Å²) in [7, 11) is 0. The Kier molecular flexibility index (Phi) is 8.36. The van der Waals surface area contributed by atoms with Gasteiger partial charge >= 0.3 is 12.4 Å². The van der Waals surface area contributed by atoms with Crippen molar-refractivity contribution in [1.29, 1.82) is 0 Å². The Balaban J connectivity index is 1.65. The van der Waals surface area contributed by atoms with Gasteiger partial charge in [-0.05, 0) is 55.1 Å². The van der Waals surface area contributed by atoms with Crippen molar-refractivity contribution in [1.82, 2.24) is 15.6 Å². The minimum atomic E-state index is -4.77. The lowest BCUT2D eigenvalue weighted by Crippen LogP contribution is -2.32. The lowest BCUT2D eigenvalue weighted by molar-refractivity contribution is -0.141. The van der Waals surface area contributed by atoms with E-state index in [0.29, 0.717) is 19.0 Å². The van der Waals surface area contributed by atoms with Crippen molar-refractivity contribution < 1.29 is 31.4 Å². The van der Waals surface area contributed by atoms with Crippen LogP contribution in [0.25, 0.3) is 11.3 Å². The van der Waals surface area contributed by atoms with E-state index >= 15 is 0 Å².